The second-order valence-corrected chi connectivity index (χ2v) is 17.6. The van der Waals surface area contributed by atoms with Gasteiger partial charge in [-0.15, -0.1) is 0 Å². The summed E-state index contributed by atoms with van der Waals surface area (Å²) in [4.78, 5) is 0. The quantitative estimate of drug-likeness (QED) is 0.275. The predicted octanol–water partition coefficient (Wildman–Crippen LogP) is 4.29. The van der Waals surface area contributed by atoms with E-state index in [0.29, 0.717) is 24.7 Å². The third-order valence-electron chi connectivity index (χ3n) is 14.6. The van der Waals surface area contributed by atoms with Crippen molar-refractivity contribution in [3.8, 4) is 0 Å². The lowest BCUT2D eigenvalue weighted by molar-refractivity contribution is -0.334. The molecule has 0 amide bonds. The van der Waals surface area contributed by atoms with Crippen molar-refractivity contribution in [1.29, 1.82) is 0 Å². The van der Waals surface area contributed by atoms with Gasteiger partial charge in [-0.25, -0.2) is 0 Å². The Balaban J connectivity index is 1.29. The Kier molecular flexibility index (Phi) is 8.70. The topological polar surface area (TPSA) is 131 Å². The fourth-order valence-corrected chi connectivity index (χ4v) is 12.9. The lowest BCUT2D eigenvalue weighted by Gasteiger charge is -2.70. The van der Waals surface area contributed by atoms with Crippen LogP contribution in [0.5, 0.6) is 0 Å². The van der Waals surface area contributed by atoms with Crippen LogP contribution in [0.3, 0.4) is 0 Å². The molecular weight excluding hydrogens is 544 g/mol. The molecule has 6 fully saturated rings. The van der Waals surface area contributed by atoms with E-state index in [1.807, 2.05) is 13.8 Å². The highest BCUT2D eigenvalue weighted by Gasteiger charge is 2.73. The molecule has 6 aliphatic rings. The van der Waals surface area contributed by atoms with Crippen molar-refractivity contribution in [1.82, 2.24) is 0 Å². The molecule has 0 bridgehead atoms. The largest absolute Gasteiger partial charge is 0.393 e. The summed E-state index contributed by atoms with van der Waals surface area (Å²) in [6.07, 6.45) is 6.17. The summed E-state index contributed by atoms with van der Waals surface area (Å²) in [7, 11) is 0. The molecule has 0 radical (unpaired) electrons. The summed E-state index contributed by atoms with van der Waals surface area (Å²) in [5.41, 5.74) is -3.10. The summed E-state index contributed by atoms with van der Waals surface area (Å²) in [6.45, 7) is 12.3. The van der Waals surface area contributed by atoms with Crippen LogP contribution in [-0.4, -0.2) is 79.0 Å². The Labute approximate surface area is 259 Å². The van der Waals surface area contributed by atoms with E-state index in [-0.39, 0.29) is 30.0 Å². The van der Waals surface area contributed by atoms with Gasteiger partial charge >= 0.3 is 0 Å². The first-order chi connectivity index (χ1) is 20.1. The van der Waals surface area contributed by atoms with Crippen LogP contribution < -0.4 is 0 Å². The maximum atomic E-state index is 12.4. The van der Waals surface area contributed by atoms with Gasteiger partial charge in [0.1, 0.15) is 5.60 Å². The standard InChI is InChI=1S/C36H62O7/c1-18(2)23-14-24(26-12-11-22(43-26)13-21-9-7-8-10-21)30(38)28-25(23)16-34(5)17-35(6)15-19(3)27(20(4)37)32(40)36(35,42)33(41)29(34)31(28)39/h18-33,37-42H,7-17H2,1-6H3. The van der Waals surface area contributed by atoms with Gasteiger partial charge in [-0.2, -0.15) is 0 Å². The predicted molar refractivity (Wildman–Crippen MR) is 165 cm³/mol. The molecule has 5 saturated carbocycles. The number of aliphatic hydroxyl groups is 6. The Morgan fingerprint density at radius 2 is 1.53 bits per heavy atom. The Bertz CT molecular complexity index is 998. The molecule has 0 aromatic heterocycles. The summed E-state index contributed by atoms with van der Waals surface area (Å²) in [5, 5.41) is 71.2. The molecule has 1 heterocycles. The molecule has 6 rings (SSSR count). The van der Waals surface area contributed by atoms with Gasteiger partial charge in [-0.05, 0) is 86.9 Å². The number of hydrogen-bond acceptors (Lipinski definition) is 7. The highest BCUT2D eigenvalue weighted by Crippen LogP contribution is 2.68. The molecular formula is C36H62O7. The summed E-state index contributed by atoms with van der Waals surface area (Å²) < 4.78 is 6.69. The number of rotatable bonds is 5. The van der Waals surface area contributed by atoms with E-state index in [2.05, 4.69) is 20.8 Å². The van der Waals surface area contributed by atoms with Crippen LogP contribution in [0.1, 0.15) is 112 Å². The van der Waals surface area contributed by atoms with Crippen LogP contribution in [0.2, 0.25) is 0 Å². The van der Waals surface area contributed by atoms with E-state index in [0.717, 1.165) is 38.0 Å². The third-order valence-corrected chi connectivity index (χ3v) is 14.6. The van der Waals surface area contributed by atoms with Crippen molar-refractivity contribution < 1.29 is 35.4 Å². The zero-order chi connectivity index (χ0) is 31.2. The maximum Gasteiger partial charge on any atom is 0.122 e. The fraction of sp³-hybridized carbons (Fsp3) is 1.00. The molecule has 0 aromatic carbocycles. The first kappa shape index (κ1) is 32.7. The van der Waals surface area contributed by atoms with Crippen LogP contribution in [0.25, 0.3) is 0 Å². The Morgan fingerprint density at radius 3 is 2.16 bits per heavy atom. The molecule has 17 unspecified atom stereocenters. The lowest BCUT2D eigenvalue weighted by atomic mass is 9.38. The second kappa shape index (κ2) is 11.5. The molecule has 17 atom stereocenters. The summed E-state index contributed by atoms with van der Waals surface area (Å²) >= 11 is 0. The average Bonchev–Trinajstić information content (AvgIpc) is 3.58. The van der Waals surface area contributed by atoms with Gasteiger partial charge in [0, 0.05) is 29.1 Å². The minimum Gasteiger partial charge on any atom is -0.393 e. The van der Waals surface area contributed by atoms with Gasteiger partial charge in [0.15, 0.2) is 0 Å². The Hall–Kier alpha value is -0.280. The van der Waals surface area contributed by atoms with Gasteiger partial charge in [0.25, 0.3) is 0 Å². The molecule has 0 spiro atoms. The monoisotopic (exact) mass is 606 g/mol. The van der Waals surface area contributed by atoms with Gasteiger partial charge in [-0.3, -0.25) is 0 Å². The first-order valence-electron chi connectivity index (χ1n) is 17.9. The van der Waals surface area contributed by atoms with Crippen molar-refractivity contribution >= 4 is 0 Å². The highest BCUT2D eigenvalue weighted by molar-refractivity contribution is 5.23. The van der Waals surface area contributed by atoms with Crippen LogP contribution >= 0.6 is 0 Å². The number of aliphatic hydroxyl groups excluding tert-OH is 5. The van der Waals surface area contributed by atoms with Gasteiger partial charge < -0.3 is 35.4 Å². The zero-order valence-electron chi connectivity index (χ0n) is 27.6. The number of ether oxygens (including phenoxy) is 1. The van der Waals surface area contributed by atoms with E-state index in [9.17, 15) is 30.6 Å². The van der Waals surface area contributed by atoms with Crippen LogP contribution in [0.4, 0.5) is 0 Å². The second-order valence-electron chi connectivity index (χ2n) is 17.6. The molecule has 248 valence electrons. The molecule has 0 aromatic rings. The van der Waals surface area contributed by atoms with Crippen molar-refractivity contribution in [2.75, 3.05) is 0 Å². The van der Waals surface area contributed by atoms with Gasteiger partial charge in [0.05, 0.1) is 42.7 Å². The minimum atomic E-state index is -1.86. The van der Waals surface area contributed by atoms with E-state index >= 15 is 0 Å². The van der Waals surface area contributed by atoms with Crippen molar-refractivity contribution in [2.24, 2.45) is 64.1 Å². The smallest absolute Gasteiger partial charge is 0.122 e. The lowest BCUT2D eigenvalue weighted by Crippen LogP contribution is -2.78. The number of fused-ring (bicyclic) bond motifs is 3. The van der Waals surface area contributed by atoms with E-state index in [1.54, 1.807) is 6.92 Å². The highest BCUT2D eigenvalue weighted by atomic mass is 16.5. The molecule has 1 aliphatic heterocycles. The molecule has 7 nitrogen and oxygen atoms in total. The third kappa shape index (κ3) is 5.00. The van der Waals surface area contributed by atoms with E-state index in [1.165, 1.54) is 25.7 Å². The van der Waals surface area contributed by atoms with Crippen LogP contribution in [-0.2, 0) is 4.74 Å². The molecule has 43 heavy (non-hydrogen) atoms. The van der Waals surface area contributed by atoms with E-state index < -0.39 is 64.7 Å². The van der Waals surface area contributed by atoms with Gasteiger partial charge in [0.2, 0.25) is 0 Å². The normalized spacial score (nSPS) is 56.4. The van der Waals surface area contributed by atoms with Crippen molar-refractivity contribution in [2.45, 2.75) is 161 Å². The van der Waals surface area contributed by atoms with Crippen LogP contribution in [0.15, 0.2) is 0 Å². The fourth-order valence-electron chi connectivity index (χ4n) is 12.9. The number of hydrogen-bond donors (Lipinski definition) is 6. The SMILES string of the molecule is CC(C)C1CC(C2CCC(CC3CCCC3)O2)C(O)C2C(O)C3C(O)C4(O)C(O)C(C(C)O)C(C)CC4(C)CC3(C)CC12. The van der Waals surface area contributed by atoms with Crippen molar-refractivity contribution in [3.63, 3.8) is 0 Å². The maximum absolute atomic E-state index is 12.4. The zero-order valence-corrected chi connectivity index (χ0v) is 27.6. The summed E-state index contributed by atoms with van der Waals surface area (Å²) in [5.74, 6) is -0.189. The molecule has 5 aliphatic carbocycles. The Morgan fingerprint density at radius 1 is 0.860 bits per heavy atom. The van der Waals surface area contributed by atoms with E-state index in [4.69, 9.17) is 4.74 Å². The van der Waals surface area contributed by atoms with Crippen molar-refractivity contribution in [3.05, 3.63) is 0 Å². The molecule has 1 saturated heterocycles. The minimum absolute atomic E-state index is 0.0127. The average molecular weight is 607 g/mol. The molecule has 7 heteroatoms. The van der Waals surface area contributed by atoms with Crippen LogP contribution in [0, 0.1) is 64.1 Å². The van der Waals surface area contributed by atoms with Gasteiger partial charge in [-0.1, -0.05) is 60.3 Å². The summed E-state index contributed by atoms with van der Waals surface area (Å²) in [6, 6.07) is 0. The first-order valence-corrected chi connectivity index (χ1v) is 17.9. The molecule has 6 N–H and O–H groups in total.